The summed E-state index contributed by atoms with van der Waals surface area (Å²) in [7, 11) is 0. The van der Waals surface area contributed by atoms with Crippen LogP contribution in [0.4, 0.5) is 4.79 Å². The largest absolute Gasteiger partial charge is 0.352 e. The zero-order valence-electron chi connectivity index (χ0n) is 16.6. The van der Waals surface area contributed by atoms with Gasteiger partial charge in [0, 0.05) is 11.1 Å². The molecule has 1 aromatic rings. The maximum Gasteiger partial charge on any atom is 0.325 e. The highest BCUT2D eigenvalue weighted by Crippen LogP contribution is 2.33. The number of carbonyl (C=O) groups is 3. The Bertz CT molecular complexity index is 767. The van der Waals surface area contributed by atoms with Crippen LogP contribution in [0, 0.1) is 11.8 Å². The summed E-state index contributed by atoms with van der Waals surface area (Å²) < 4.78 is 0. The first-order chi connectivity index (χ1) is 13.3. The number of imide groups is 1. The summed E-state index contributed by atoms with van der Waals surface area (Å²) in [5.41, 5.74) is -0.496. The molecule has 4 amide bonds. The lowest BCUT2D eigenvalue weighted by Gasteiger charge is -2.34. The molecule has 2 fully saturated rings. The molecular weight excluding hydrogens is 378 g/mol. The third-order valence-corrected chi connectivity index (χ3v) is 6.65. The number of carbonyl (C=O) groups excluding carboxylic acids is 3. The molecule has 1 saturated heterocycles. The third kappa shape index (κ3) is 3.75. The van der Waals surface area contributed by atoms with E-state index in [1.165, 1.54) is 6.42 Å². The summed E-state index contributed by atoms with van der Waals surface area (Å²) in [6.07, 6.45) is 3.56. The van der Waals surface area contributed by atoms with Crippen LogP contribution in [0.1, 0.15) is 52.0 Å². The third-order valence-electron chi connectivity index (χ3n) is 6.40. The average Bonchev–Trinajstić information content (AvgIpc) is 2.91. The molecule has 28 heavy (non-hydrogen) atoms. The van der Waals surface area contributed by atoms with Crippen LogP contribution < -0.4 is 10.6 Å². The number of rotatable bonds is 5. The van der Waals surface area contributed by atoms with Gasteiger partial charge in [-0.15, -0.1) is 0 Å². The number of nitrogens with one attached hydrogen (secondary N) is 2. The van der Waals surface area contributed by atoms with Crippen LogP contribution in [0.3, 0.4) is 0 Å². The summed E-state index contributed by atoms with van der Waals surface area (Å²) in [4.78, 5) is 39.3. The van der Waals surface area contributed by atoms with Crippen LogP contribution in [0.2, 0.25) is 5.02 Å². The number of urea groups is 1. The van der Waals surface area contributed by atoms with Gasteiger partial charge in [0.25, 0.3) is 5.91 Å². The van der Waals surface area contributed by atoms with Crippen molar-refractivity contribution in [2.45, 2.75) is 58.0 Å². The number of hydrogen-bond donors (Lipinski definition) is 2. The standard InChI is InChI=1S/C21H28ClN3O3/c1-4-21(15-8-10-16(22)11-9-15)19(27)25(20(28)24-21)12-18(26)23-17-7-5-6-13(2)14(17)3/h8-11,13-14,17H,4-7,12H2,1-3H3,(H,23,26)(H,24,28)/t13-,14+,17-,21-/m1/s1. The van der Waals surface area contributed by atoms with E-state index in [0.717, 1.165) is 17.7 Å². The molecular formula is C21H28ClN3O3. The SMILES string of the molecule is CC[C@]1(c2ccc(Cl)cc2)NC(=O)N(CC(=O)N[C@@H]2CCC[C@@H](C)[C@@H]2C)C1=O. The van der Waals surface area contributed by atoms with Gasteiger partial charge in [0.1, 0.15) is 12.1 Å². The Morgan fingerprint density at radius 3 is 2.57 bits per heavy atom. The predicted molar refractivity (Wildman–Crippen MR) is 108 cm³/mol. The Hall–Kier alpha value is -2.08. The maximum atomic E-state index is 13.1. The summed E-state index contributed by atoms with van der Waals surface area (Å²) in [6, 6.07) is 6.40. The van der Waals surface area contributed by atoms with E-state index in [0.29, 0.717) is 28.8 Å². The fourth-order valence-electron chi connectivity index (χ4n) is 4.33. The predicted octanol–water partition coefficient (Wildman–Crippen LogP) is 3.44. The molecule has 1 heterocycles. The molecule has 1 saturated carbocycles. The second-order valence-electron chi connectivity index (χ2n) is 8.03. The van der Waals surface area contributed by atoms with E-state index in [1.807, 2.05) is 6.92 Å². The summed E-state index contributed by atoms with van der Waals surface area (Å²) >= 11 is 5.95. The minimum Gasteiger partial charge on any atom is -0.352 e. The Morgan fingerprint density at radius 1 is 1.25 bits per heavy atom. The van der Waals surface area contributed by atoms with Gasteiger partial charge in [-0.05, 0) is 42.4 Å². The van der Waals surface area contributed by atoms with Crippen molar-refractivity contribution < 1.29 is 14.4 Å². The molecule has 6 nitrogen and oxygen atoms in total. The van der Waals surface area contributed by atoms with Crippen molar-refractivity contribution in [1.82, 2.24) is 15.5 Å². The van der Waals surface area contributed by atoms with E-state index >= 15 is 0 Å². The van der Waals surface area contributed by atoms with Crippen molar-refractivity contribution in [3.05, 3.63) is 34.9 Å². The minimum atomic E-state index is -1.16. The number of amides is 4. The number of nitrogens with zero attached hydrogens (tertiary/aromatic N) is 1. The molecule has 0 radical (unpaired) electrons. The fourth-order valence-corrected chi connectivity index (χ4v) is 4.45. The van der Waals surface area contributed by atoms with E-state index in [9.17, 15) is 14.4 Å². The van der Waals surface area contributed by atoms with Gasteiger partial charge in [-0.25, -0.2) is 4.79 Å². The molecule has 3 rings (SSSR count). The van der Waals surface area contributed by atoms with Gasteiger partial charge in [0.2, 0.25) is 5.91 Å². The molecule has 7 heteroatoms. The molecule has 0 bridgehead atoms. The maximum absolute atomic E-state index is 13.1. The zero-order chi connectivity index (χ0) is 20.5. The number of benzene rings is 1. The second kappa shape index (κ2) is 8.11. The lowest BCUT2D eigenvalue weighted by atomic mass is 9.78. The normalized spacial score (nSPS) is 30.3. The van der Waals surface area contributed by atoms with Gasteiger partial charge in [0.05, 0.1) is 0 Å². The highest BCUT2D eigenvalue weighted by atomic mass is 35.5. The van der Waals surface area contributed by atoms with Gasteiger partial charge < -0.3 is 10.6 Å². The molecule has 4 atom stereocenters. The molecule has 2 aliphatic rings. The molecule has 2 N–H and O–H groups in total. The van der Waals surface area contributed by atoms with Gasteiger partial charge in [-0.1, -0.05) is 57.3 Å². The highest BCUT2D eigenvalue weighted by molar-refractivity contribution is 6.30. The first kappa shape index (κ1) is 20.6. The van der Waals surface area contributed by atoms with E-state index in [4.69, 9.17) is 11.6 Å². The Labute approximate surface area is 171 Å². The highest BCUT2D eigenvalue weighted by Gasteiger charge is 2.51. The van der Waals surface area contributed by atoms with Crippen molar-refractivity contribution in [2.75, 3.05) is 6.54 Å². The van der Waals surface area contributed by atoms with Crippen molar-refractivity contribution >= 4 is 29.4 Å². The summed E-state index contributed by atoms with van der Waals surface area (Å²) in [5, 5.41) is 6.38. The monoisotopic (exact) mass is 405 g/mol. The smallest absolute Gasteiger partial charge is 0.325 e. The molecule has 1 aromatic carbocycles. The van der Waals surface area contributed by atoms with E-state index < -0.39 is 17.5 Å². The summed E-state index contributed by atoms with van der Waals surface area (Å²) in [5.74, 6) is 0.234. The van der Waals surface area contributed by atoms with Crippen molar-refractivity contribution in [3.8, 4) is 0 Å². The first-order valence-corrected chi connectivity index (χ1v) is 10.4. The van der Waals surface area contributed by atoms with Gasteiger partial charge in [0.15, 0.2) is 0 Å². The van der Waals surface area contributed by atoms with Crippen LogP contribution in [-0.4, -0.2) is 35.3 Å². The lowest BCUT2D eigenvalue weighted by Crippen LogP contribution is -2.49. The Kier molecular flexibility index (Phi) is 5.98. The van der Waals surface area contributed by atoms with Crippen LogP contribution in [0.5, 0.6) is 0 Å². The molecule has 0 spiro atoms. The van der Waals surface area contributed by atoms with Gasteiger partial charge in [-0.2, -0.15) is 0 Å². The van der Waals surface area contributed by atoms with Crippen LogP contribution in [-0.2, 0) is 15.1 Å². The minimum absolute atomic E-state index is 0.0872. The number of halogens is 1. The molecule has 0 aromatic heterocycles. The van der Waals surface area contributed by atoms with Crippen molar-refractivity contribution in [2.24, 2.45) is 11.8 Å². The molecule has 1 aliphatic carbocycles. The fraction of sp³-hybridized carbons (Fsp3) is 0.571. The molecule has 1 aliphatic heterocycles. The lowest BCUT2D eigenvalue weighted by molar-refractivity contribution is -0.135. The van der Waals surface area contributed by atoms with Crippen molar-refractivity contribution in [1.29, 1.82) is 0 Å². The first-order valence-electron chi connectivity index (χ1n) is 9.98. The zero-order valence-corrected chi connectivity index (χ0v) is 17.4. The van der Waals surface area contributed by atoms with Crippen molar-refractivity contribution in [3.63, 3.8) is 0 Å². The average molecular weight is 406 g/mol. The quantitative estimate of drug-likeness (QED) is 0.736. The van der Waals surface area contributed by atoms with E-state index in [2.05, 4.69) is 24.5 Å². The van der Waals surface area contributed by atoms with Crippen LogP contribution in [0.25, 0.3) is 0 Å². The second-order valence-corrected chi connectivity index (χ2v) is 8.46. The Morgan fingerprint density at radius 2 is 1.93 bits per heavy atom. The molecule has 0 unspecified atom stereocenters. The van der Waals surface area contributed by atoms with Crippen LogP contribution >= 0.6 is 11.6 Å². The van der Waals surface area contributed by atoms with E-state index in [-0.39, 0.29) is 18.5 Å². The topological polar surface area (TPSA) is 78.5 Å². The van der Waals surface area contributed by atoms with Crippen LogP contribution in [0.15, 0.2) is 24.3 Å². The van der Waals surface area contributed by atoms with Gasteiger partial charge >= 0.3 is 6.03 Å². The Balaban J connectivity index is 1.72. The van der Waals surface area contributed by atoms with Gasteiger partial charge in [-0.3, -0.25) is 14.5 Å². The van der Waals surface area contributed by atoms with E-state index in [1.54, 1.807) is 24.3 Å². The summed E-state index contributed by atoms with van der Waals surface area (Å²) in [6.45, 7) is 5.91. The number of hydrogen-bond acceptors (Lipinski definition) is 3. The molecule has 152 valence electrons.